The van der Waals surface area contributed by atoms with E-state index >= 15 is 0 Å². The summed E-state index contributed by atoms with van der Waals surface area (Å²) in [4.78, 5) is 12.3. The Bertz CT molecular complexity index is 247. The molecule has 0 atom stereocenters. The Labute approximate surface area is 105 Å². The van der Waals surface area contributed by atoms with E-state index in [9.17, 15) is 4.79 Å². The van der Waals surface area contributed by atoms with E-state index in [2.05, 4.69) is 0 Å². The first-order valence-electron chi connectivity index (χ1n) is 6.83. The van der Waals surface area contributed by atoms with Crippen LogP contribution in [0.5, 0.6) is 0 Å². The molecule has 3 nitrogen and oxygen atoms in total. The minimum absolute atomic E-state index is 0.0885. The van der Waals surface area contributed by atoms with E-state index in [0.717, 1.165) is 25.7 Å². The van der Waals surface area contributed by atoms with Crippen LogP contribution in [0.4, 0.5) is 0 Å². The zero-order chi connectivity index (χ0) is 12.9. The van der Waals surface area contributed by atoms with Gasteiger partial charge in [-0.15, -0.1) is 0 Å². The molecule has 0 saturated heterocycles. The van der Waals surface area contributed by atoms with E-state index in [1.165, 1.54) is 19.3 Å². The van der Waals surface area contributed by atoms with Gasteiger partial charge in [0, 0.05) is 6.54 Å². The largest absolute Gasteiger partial charge is 0.460 e. The van der Waals surface area contributed by atoms with Crippen LogP contribution in [0.1, 0.15) is 65.7 Å². The van der Waals surface area contributed by atoms with Gasteiger partial charge in [-0.1, -0.05) is 32.1 Å². The normalized spacial score (nSPS) is 21.4. The number of hydrogen-bond acceptors (Lipinski definition) is 3. The average molecular weight is 241 g/mol. The molecule has 1 aliphatic rings. The van der Waals surface area contributed by atoms with Gasteiger partial charge >= 0.3 is 5.97 Å². The van der Waals surface area contributed by atoms with E-state index in [1.54, 1.807) is 0 Å². The molecule has 0 aromatic heterocycles. The maximum absolute atomic E-state index is 12.3. The predicted octanol–water partition coefficient (Wildman–Crippen LogP) is 3.02. The van der Waals surface area contributed by atoms with Gasteiger partial charge in [-0.2, -0.15) is 0 Å². The van der Waals surface area contributed by atoms with Gasteiger partial charge in [0.1, 0.15) is 5.60 Å². The number of hydrogen-bond donors (Lipinski definition) is 1. The van der Waals surface area contributed by atoms with E-state index in [1.807, 2.05) is 20.8 Å². The maximum Gasteiger partial charge on any atom is 0.313 e. The lowest BCUT2D eigenvalue weighted by atomic mass is 9.76. The second-order valence-electron chi connectivity index (χ2n) is 6.25. The third-order valence-corrected chi connectivity index (χ3v) is 3.53. The third kappa shape index (κ3) is 4.30. The molecular weight excluding hydrogens is 214 g/mol. The highest BCUT2D eigenvalue weighted by Crippen LogP contribution is 2.35. The molecule has 2 N–H and O–H groups in total. The van der Waals surface area contributed by atoms with Crippen molar-refractivity contribution >= 4 is 5.97 Å². The van der Waals surface area contributed by atoms with E-state index in [0.29, 0.717) is 6.54 Å². The van der Waals surface area contributed by atoms with Crippen molar-refractivity contribution in [2.24, 2.45) is 11.1 Å². The van der Waals surface area contributed by atoms with Gasteiger partial charge in [-0.3, -0.25) is 4.79 Å². The highest BCUT2D eigenvalue weighted by Gasteiger charge is 2.39. The summed E-state index contributed by atoms with van der Waals surface area (Å²) < 4.78 is 5.55. The van der Waals surface area contributed by atoms with Crippen LogP contribution in [0.2, 0.25) is 0 Å². The van der Waals surface area contributed by atoms with Crippen LogP contribution in [0.25, 0.3) is 0 Å². The van der Waals surface area contributed by atoms with Crippen LogP contribution in [0.15, 0.2) is 0 Å². The van der Waals surface area contributed by atoms with Gasteiger partial charge in [0.05, 0.1) is 5.41 Å². The van der Waals surface area contributed by atoms with Crippen molar-refractivity contribution < 1.29 is 9.53 Å². The Balaban J connectivity index is 2.73. The molecule has 1 saturated carbocycles. The topological polar surface area (TPSA) is 52.3 Å². The van der Waals surface area contributed by atoms with Gasteiger partial charge in [-0.25, -0.2) is 0 Å². The highest BCUT2D eigenvalue weighted by atomic mass is 16.6. The fourth-order valence-electron chi connectivity index (χ4n) is 2.46. The summed E-state index contributed by atoms with van der Waals surface area (Å²) in [6.07, 6.45) is 7.67. The summed E-state index contributed by atoms with van der Waals surface area (Å²) in [6, 6.07) is 0. The van der Waals surface area contributed by atoms with Crippen molar-refractivity contribution in [1.29, 1.82) is 0 Å². The molecular formula is C14H27NO2. The van der Waals surface area contributed by atoms with Crippen LogP contribution in [0.3, 0.4) is 0 Å². The molecule has 100 valence electrons. The Morgan fingerprint density at radius 1 is 1.12 bits per heavy atom. The molecule has 1 fully saturated rings. The molecule has 1 rings (SSSR count). The summed E-state index contributed by atoms with van der Waals surface area (Å²) in [5.41, 5.74) is 5.04. The van der Waals surface area contributed by atoms with Gasteiger partial charge in [0.25, 0.3) is 0 Å². The number of nitrogens with two attached hydrogens (primary N) is 1. The van der Waals surface area contributed by atoms with Crippen molar-refractivity contribution in [3.05, 3.63) is 0 Å². The molecule has 0 aromatic rings. The Morgan fingerprint density at radius 3 is 2.00 bits per heavy atom. The van der Waals surface area contributed by atoms with Crippen molar-refractivity contribution in [1.82, 2.24) is 0 Å². The fourth-order valence-corrected chi connectivity index (χ4v) is 2.46. The summed E-state index contributed by atoms with van der Waals surface area (Å²) in [7, 11) is 0. The quantitative estimate of drug-likeness (QED) is 0.756. The molecule has 0 aromatic carbocycles. The minimum atomic E-state index is -0.423. The van der Waals surface area contributed by atoms with Gasteiger partial charge in [-0.05, 0) is 33.6 Å². The molecule has 0 heterocycles. The number of rotatable bonds is 2. The first-order valence-corrected chi connectivity index (χ1v) is 6.83. The molecule has 0 bridgehead atoms. The highest BCUT2D eigenvalue weighted by molar-refractivity contribution is 5.77. The molecule has 0 radical (unpaired) electrons. The summed E-state index contributed by atoms with van der Waals surface area (Å²) in [5.74, 6) is -0.0885. The average Bonchev–Trinajstić information content (AvgIpc) is 2.15. The Morgan fingerprint density at radius 2 is 1.59 bits per heavy atom. The van der Waals surface area contributed by atoms with Crippen LogP contribution in [-0.4, -0.2) is 18.1 Å². The number of ether oxygens (including phenoxy) is 1. The van der Waals surface area contributed by atoms with Crippen LogP contribution in [0, 0.1) is 5.41 Å². The number of carbonyl (C=O) groups excluding carboxylic acids is 1. The molecule has 0 aliphatic heterocycles. The molecule has 0 spiro atoms. The second-order valence-corrected chi connectivity index (χ2v) is 6.25. The monoisotopic (exact) mass is 241 g/mol. The third-order valence-electron chi connectivity index (χ3n) is 3.53. The van der Waals surface area contributed by atoms with Crippen LogP contribution < -0.4 is 5.73 Å². The predicted molar refractivity (Wildman–Crippen MR) is 69.7 cm³/mol. The Hall–Kier alpha value is -0.570. The molecule has 0 amide bonds. The molecule has 17 heavy (non-hydrogen) atoms. The smallest absolute Gasteiger partial charge is 0.313 e. The van der Waals surface area contributed by atoms with Gasteiger partial charge < -0.3 is 10.5 Å². The van der Waals surface area contributed by atoms with Gasteiger partial charge in [0.2, 0.25) is 0 Å². The van der Waals surface area contributed by atoms with E-state index < -0.39 is 11.0 Å². The molecule has 1 aliphatic carbocycles. The van der Waals surface area contributed by atoms with E-state index in [-0.39, 0.29) is 5.97 Å². The number of carbonyl (C=O) groups is 1. The Kier molecular flexibility index (Phi) is 4.99. The zero-order valence-corrected chi connectivity index (χ0v) is 11.6. The van der Waals surface area contributed by atoms with Gasteiger partial charge in [0.15, 0.2) is 0 Å². The standard InChI is InChI=1S/C14H27NO2/c1-13(2,3)17-12(16)14(11-15)9-7-5-4-6-8-10-14/h4-11,15H2,1-3H3. The fraction of sp³-hybridized carbons (Fsp3) is 0.929. The summed E-state index contributed by atoms with van der Waals surface area (Å²) >= 11 is 0. The SMILES string of the molecule is CC(C)(C)OC(=O)C1(CN)CCCCCCC1. The van der Waals surface area contributed by atoms with E-state index in [4.69, 9.17) is 10.5 Å². The van der Waals surface area contributed by atoms with Crippen LogP contribution >= 0.6 is 0 Å². The van der Waals surface area contributed by atoms with Crippen molar-refractivity contribution in [2.45, 2.75) is 71.3 Å². The second kappa shape index (κ2) is 5.85. The molecule has 0 unspecified atom stereocenters. The number of esters is 1. The summed E-state index contributed by atoms with van der Waals surface area (Å²) in [5, 5.41) is 0. The van der Waals surface area contributed by atoms with Crippen molar-refractivity contribution in [3.8, 4) is 0 Å². The summed E-state index contributed by atoms with van der Waals surface area (Å²) in [6.45, 7) is 6.16. The lowest BCUT2D eigenvalue weighted by molar-refractivity contribution is -0.168. The van der Waals surface area contributed by atoms with Crippen molar-refractivity contribution in [2.75, 3.05) is 6.54 Å². The first-order chi connectivity index (χ1) is 7.90. The van der Waals surface area contributed by atoms with Crippen molar-refractivity contribution in [3.63, 3.8) is 0 Å². The maximum atomic E-state index is 12.3. The first kappa shape index (κ1) is 14.5. The lowest BCUT2D eigenvalue weighted by Crippen LogP contribution is -2.43. The van der Waals surface area contributed by atoms with Crippen LogP contribution in [-0.2, 0) is 9.53 Å². The molecule has 3 heteroatoms. The lowest BCUT2D eigenvalue weighted by Gasteiger charge is -2.34. The minimum Gasteiger partial charge on any atom is -0.460 e. The zero-order valence-electron chi connectivity index (χ0n) is 11.6.